The molecule has 1 unspecified atom stereocenters. The van der Waals surface area contributed by atoms with Crippen LogP contribution in [0.4, 0.5) is 0 Å². The van der Waals surface area contributed by atoms with Crippen LogP contribution in [0.5, 0.6) is 0 Å². The summed E-state index contributed by atoms with van der Waals surface area (Å²) in [4.78, 5) is 37.5. The molecule has 0 aromatic rings. The minimum absolute atomic E-state index is 0.116. The van der Waals surface area contributed by atoms with Crippen molar-refractivity contribution in [3.63, 3.8) is 0 Å². The summed E-state index contributed by atoms with van der Waals surface area (Å²) < 4.78 is 5.60. The van der Waals surface area contributed by atoms with Gasteiger partial charge in [-0.2, -0.15) is 0 Å². The van der Waals surface area contributed by atoms with Gasteiger partial charge in [0.15, 0.2) is 0 Å². The van der Waals surface area contributed by atoms with Gasteiger partial charge in [-0.3, -0.25) is 19.3 Å². The monoisotopic (exact) mass is 280 g/mol. The van der Waals surface area contributed by atoms with E-state index in [1.807, 2.05) is 6.92 Å². The van der Waals surface area contributed by atoms with Crippen LogP contribution in [0.2, 0.25) is 0 Å². The van der Waals surface area contributed by atoms with Crippen LogP contribution in [-0.2, 0) is 19.1 Å². The van der Waals surface area contributed by atoms with Gasteiger partial charge in [0.2, 0.25) is 5.91 Å². The average Bonchev–Trinajstić information content (AvgIpc) is 2.63. The van der Waals surface area contributed by atoms with Crippen LogP contribution < -0.4 is 0 Å². The van der Waals surface area contributed by atoms with E-state index in [9.17, 15) is 14.4 Å². The minimum Gasteiger partial charge on any atom is -0.357 e. The van der Waals surface area contributed by atoms with Gasteiger partial charge in [0, 0.05) is 25.1 Å². The predicted molar refractivity (Wildman–Crippen MR) is 71.5 cm³/mol. The standard InChI is InChI=1S/C14H20N2O4/c1-11(15-8-4-2-3-5-12(15)17)20-10-9-16-13(18)6-7-14(16)19/h6-7,11H,2-5,8-10H2,1H3. The molecule has 2 heterocycles. The van der Waals surface area contributed by atoms with Gasteiger partial charge in [0.25, 0.3) is 11.8 Å². The van der Waals surface area contributed by atoms with Gasteiger partial charge in [-0.05, 0) is 19.8 Å². The maximum atomic E-state index is 11.9. The fourth-order valence-electron chi connectivity index (χ4n) is 2.44. The first-order chi connectivity index (χ1) is 9.59. The van der Waals surface area contributed by atoms with E-state index in [-0.39, 0.29) is 37.1 Å². The van der Waals surface area contributed by atoms with Gasteiger partial charge in [0.1, 0.15) is 6.23 Å². The smallest absolute Gasteiger partial charge is 0.253 e. The Bertz CT molecular complexity index is 415. The maximum Gasteiger partial charge on any atom is 0.253 e. The van der Waals surface area contributed by atoms with Crippen molar-refractivity contribution in [1.82, 2.24) is 9.80 Å². The van der Waals surface area contributed by atoms with Crippen molar-refractivity contribution in [3.05, 3.63) is 12.2 Å². The average molecular weight is 280 g/mol. The Balaban J connectivity index is 1.77. The Hall–Kier alpha value is -1.69. The third-order valence-corrected chi connectivity index (χ3v) is 3.62. The van der Waals surface area contributed by atoms with E-state index in [0.29, 0.717) is 13.0 Å². The molecule has 1 saturated heterocycles. The molecule has 0 aliphatic carbocycles. The summed E-state index contributed by atoms with van der Waals surface area (Å²) in [6.45, 7) is 3.00. The van der Waals surface area contributed by atoms with Crippen LogP contribution in [0.15, 0.2) is 12.2 Å². The first-order valence-electron chi connectivity index (χ1n) is 7.04. The molecule has 0 N–H and O–H groups in total. The van der Waals surface area contributed by atoms with E-state index in [1.165, 1.54) is 12.2 Å². The molecule has 0 bridgehead atoms. The molecule has 2 aliphatic heterocycles. The Morgan fingerprint density at radius 1 is 1.15 bits per heavy atom. The highest BCUT2D eigenvalue weighted by atomic mass is 16.5. The lowest BCUT2D eigenvalue weighted by Gasteiger charge is -2.28. The molecule has 3 amide bonds. The number of hydrogen-bond acceptors (Lipinski definition) is 4. The summed E-state index contributed by atoms with van der Waals surface area (Å²) in [7, 11) is 0. The summed E-state index contributed by atoms with van der Waals surface area (Å²) in [6.07, 6.45) is 5.75. The number of amides is 3. The van der Waals surface area contributed by atoms with Crippen LogP contribution >= 0.6 is 0 Å². The normalized spacial score (nSPS) is 21.6. The van der Waals surface area contributed by atoms with Crippen molar-refractivity contribution in [1.29, 1.82) is 0 Å². The SMILES string of the molecule is CC(OCCN1C(=O)C=CC1=O)N1CCCCCC1=O. The molecule has 0 radical (unpaired) electrons. The molecule has 2 aliphatic rings. The molecule has 0 saturated carbocycles. The molecule has 2 rings (SSSR count). The van der Waals surface area contributed by atoms with Crippen molar-refractivity contribution in [3.8, 4) is 0 Å². The van der Waals surface area contributed by atoms with Crippen LogP contribution in [0.25, 0.3) is 0 Å². The molecule has 1 atom stereocenters. The molecular weight excluding hydrogens is 260 g/mol. The number of carbonyl (C=O) groups is 3. The lowest BCUT2D eigenvalue weighted by atomic mass is 10.2. The zero-order chi connectivity index (χ0) is 14.5. The Kier molecular flexibility index (Phi) is 4.89. The van der Waals surface area contributed by atoms with Crippen molar-refractivity contribution in [2.45, 2.75) is 38.8 Å². The second-order valence-corrected chi connectivity index (χ2v) is 5.03. The summed E-state index contributed by atoms with van der Waals surface area (Å²) in [6, 6.07) is 0. The fraction of sp³-hybridized carbons (Fsp3) is 0.643. The quantitative estimate of drug-likeness (QED) is 0.694. The molecule has 0 spiro atoms. The lowest BCUT2D eigenvalue weighted by Crippen LogP contribution is -2.41. The number of ether oxygens (including phenoxy) is 1. The highest BCUT2D eigenvalue weighted by molar-refractivity contribution is 6.12. The second-order valence-electron chi connectivity index (χ2n) is 5.03. The summed E-state index contributed by atoms with van der Waals surface area (Å²) in [5, 5.41) is 0. The Labute approximate surface area is 118 Å². The fourth-order valence-corrected chi connectivity index (χ4v) is 2.44. The minimum atomic E-state index is -0.318. The van der Waals surface area contributed by atoms with E-state index in [4.69, 9.17) is 4.74 Å². The van der Waals surface area contributed by atoms with E-state index >= 15 is 0 Å². The molecule has 110 valence electrons. The largest absolute Gasteiger partial charge is 0.357 e. The topological polar surface area (TPSA) is 66.9 Å². The Morgan fingerprint density at radius 2 is 1.85 bits per heavy atom. The van der Waals surface area contributed by atoms with Crippen molar-refractivity contribution < 1.29 is 19.1 Å². The van der Waals surface area contributed by atoms with Crippen LogP contribution in [0.1, 0.15) is 32.6 Å². The van der Waals surface area contributed by atoms with Crippen molar-refractivity contribution in [2.75, 3.05) is 19.7 Å². The highest BCUT2D eigenvalue weighted by Gasteiger charge is 2.25. The van der Waals surface area contributed by atoms with Gasteiger partial charge in [0.05, 0.1) is 13.2 Å². The number of hydrogen-bond donors (Lipinski definition) is 0. The van der Waals surface area contributed by atoms with Gasteiger partial charge >= 0.3 is 0 Å². The highest BCUT2D eigenvalue weighted by Crippen LogP contribution is 2.14. The molecule has 0 aromatic carbocycles. The Morgan fingerprint density at radius 3 is 2.55 bits per heavy atom. The van der Waals surface area contributed by atoms with Crippen LogP contribution in [0.3, 0.4) is 0 Å². The molecule has 1 fully saturated rings. The number of likely N-dealkylation sites (tertiary alicyclic amines) is 1. The number of rotatable bonds is 5. The van der Waals surface area contributed by atoms with E-state index in [0.717, 1.165) is 24.2 Å². The maximum absolute atomic E-state index is 11.9. The summed E-state index contributed by atoms with van der Waals surface area (Å²) in [5.74, 6) is -0.501. The number of carbonyl (C=O) groups excluding carboxylic acids is 3. The first-order valence-corrected chi connectivity index (χ1v) is 7.04. The summed E-state index contributed by atoms with van der Waals surface area (Å²) in [5.41, 5.74) is 0. The zero-order valence-electron chi connectivity index (χ0n) is 11.7. The second kappa shape index (κ2) is 6.65. The molecule has 0 aromatic heterocycles. The molecule has 20 heavy (non-hydrogen) atoms. The molecular formula is C14H20N2O4. The van der Waals surface area contributed by atoms with Crippen LogP contribution in [-0.4, -0.2) is 53.4 Å². The van der Waals surface area contributed by atoms with Crippen molar-refractivity contribution in [2.24, 2.45) is 0 Å². The summed E-state index contributed by atoms with van der Waals surface area (Å²) >= 11 is 0. The molecule has 6 heteroatoms. The van der Waals surface area contributed by atoms with Gasteiger partial charge < -0.3 is 9.64 Å². The number of nitrogens with zero attached hydrogens (tertiary/aromatic N) is 2. The van der Waals surface area contributed by atoms with E-state index in [2.05, 4.69) is 0 Å². The van der Waals surface area contributed by atoms with Gasteiger partial charge in [-0.15, -0.1) is 0 Å². The third-order valence-electron chi connectivity index (χ3n) is 3.62. The lowest BCUT2D eigenvalue weighted by molar-refractivity contribution is -0.147. The van der Waals surface area contributed by atoms with Gasteiger partial charge in [-0.25, -0.2) is 0 Å². The first kappa shape index (κ1) is 14.7. The number of imide groups is 1. The zero-order valence-corrected chi connectivity index (χ0v) is 11.7. The third kappa shape index (κ3) is 3.45. The van der Waals surface area contributed by atoms with Gasteiger partial charge in [-0.1, -0.05) is 6.42 Å². The predicted octanol–water partition coefficient (Wildman–Crippen LogP) is 0.677. The van der Waals surface area contributed by atoms with Crippen LogP contribution in [0, 0.1) is 0 Å². The van der Waals surface area contributed by atoms with E-state index < -0.39 is 0 Å². The van der Waals surface area contributed by atoms with Crippen molar-refractivity contribution >= 4 is 17.7 Å². The van der Waals surface area contributed by atoms with E-state index in [1.54, 1.807) is 4.90 Å². The molecule has 6 nitrogen and oxygen atoms in total.